The van der Waals surface area contributed by atoms with Crippen LogP contribution in [0, 0.1) is 0 Å². The van der Waals surface area contributed by atoms with E-state index in [1.54, 1.807) is 7.11 Å². The van der Waals surface area contributed by atoms with Gasteiger partial charge in [0.2, 0.25) is 5.88 Å². The first-order valence-corrected chi connectivity index (χ1v) is 7.08. The molecule has 0 aromatic carbocycles. The van der Waals surface area contributed by atoms with Crippen LogP contribution in [-0.4, -0.2) is 29.7 Å². The van der Waals surface area contributed by atoms with Gasteiger partial charge in [0.25, 0.3) is 0 Å². The molecule has 0 aliphatic heterocycles. The molecule has 1 aliphatic carbocycles. The molecule has 19 heavy (non-hydrogen) atoms. The predicted molar refractivity (Wildman–Crippen MR) is 74.4 cm³/mol. The molecule has 0 unspecified atom stereocenters. The standard InChI is InChI=1S/C14H23N3O2/c1-3-8-19-14-9-12(15-11-6-4-5-7-11)16-13(17-14)10-18-2/h9,11H,3-8,10H2,1-2H3,(H,15,16,17). The fourth-order valence-corrected chi connectivity index (χ4v) is 2.30. The molecule has 1 fully saturated rings. The number of rotatable bonds is 7. The van der Waals surface area contributed by atoms with Gasteiger partial charge in [0.1, 0.15) is 12.4 Å². The largest absolute Gasteiger partial charge is 0.478 e. The second-order valence-corrected chi connectivity index (χ2v) is 4.91. The topological polar surface area (TPSA) is 56.3 Å². The number of nitrogens with one attached hydrogen (secondary N) is 1. The second kappa shape index (κ2) is 7.28. The Morgan fingerprint density at radius 3 is 2.79 bits per heavy atom. The normalized spacial score (nSPS) is 15.7. The van der Waals surface area contributed by atoms with Crippen molar-refractivity contribution in [1.82, 2.24) is 9.97 Å². The Balaban J connectivity index is 2.07. The molecule has 0 saturated heterocycles. The Hall–Kier alpha value is -1.36. The zero-order chi connectivity index (χ0) is 13.5. The van der Waals surface area contributed by atoms with Crippen LogP contribution in [0.2, 0.25) is 0 Å². The van der Waals surface area contributed by atoms with Gasteiger partial charge >= 0.3 is 0 Å². The van der Waals surface area contributed by atoms with Crippen LogP contribution < -0.4 is 10.1 Å². The van der Waals surface area contributed by atoms with E-state index in [9.17, 15) is 0 Å². The molecule has 1 aliphatic rings. The number of hydrogen-bond acceptors (Lipinski definition) is 5. The van der Waals surface area contributed by atoms with Gasteiger partial charge in [0.05, 0.1) is 6.61 Å². The quantitative estimate of drug-likeness (QED) is 0.821. The summed E-state index contributed by atoms with van der Waals surface area (Å²) in [5.74, 6) is 2.14. The molecular formula is C14H23N3O2. The Kier molecular flexibility index (Phi) is 5.39. The number of nitrogens with zero attached hydrogens (tertiary/aromatic N) is 2. The highest BCUT2D eigenvalue weighted by Crippen LogP contribution is 2.23. The monoisotopic (exact) mass is 265 g/mol. The summed E-state index contributed by atoms with van der Waals surface area (Å²) in [6.07, 6.45) is 6.00. The van der Waals surface area contributed by atoms with Crippen LogP contribution in [0.1, 0.15) is 44.9 Å². The first-order valence-electron chi connectivity index (χ1n) is 7.08. The van der Waals surface area contributed by atoms with Gasteiger partial charge < -0.3 is 14.8 Å². The summed E-state index contributed by atoms with van der Waals surface area (Å²) in [6.45, 7) is 3.16. The molecule has 0 radical (unpaired) electrons. The van der Waals surface area contributed by atoms with Crippen LogP contribution in [0.5, 0.6) is 5.88 Å². The molecule has 1 saturated carbocycles. The minimum absolute atomic E-state index is 0.405. The maximum absolute atomic E-state index is 5.60. The Bertz CT molecular complexity index is 392. The fraction of sp³-hybridized carbons (Fsp3) is 0.714. The highest BCUT2D eigenvalue weighted by atomic mass is 16.5. The van der Waals surface area contributed by atoms with Crippen molar-refractivity contribution in [3.8, 4) is 5.88 Å². The first-order chi connectivity index (χ1) is 9.31. The third kappa shape index (κ3) is 4.35. The van der Waals surface area contributed by atoms with E-state index in [-0.39, 0.29) is 0 Å². The third-order valence-corrected chi connectivity index (χ3v) is 3.18. The summed E-state index contributed by atoms with van der Waals surface area (Å²) < 4.78 is 10.7. The van der Waals surface area contributed by atoms with Crippen molar-refractivity contribution >= 4 is 5.82 Å². The van der Waals surface area contributed by atoms with Crippen LogP contribution >= 0.6 is 0 Å². The maximum atomic E-state index is 5.60. The lowest BCUT2D eigenvalue weighted by Gasteiger charge is -2.14. The van der Waals surface area contributed by atoms with E-state index in [2.05, 4.69) is 22.2 Å². The molecule has 106 valence electrons. The third-order valence-electron chi connectivity index (χ3n) is 3.18. The van der Waals surface area contributed by atoms with Crippen molar-refractivity contribution in [2.75, 3.05) is 19.0 Å². The predicted octanol–water partition coefficient (Wildman–Crippen LogP) is 2.77. The van der Waals surface area contributed by atoms with E-state index in [0.29, 0.717) is 31.0 Å². The van der Waals surface area contributed by atoms with Gasteiger partial charge in [-0.15, -0.1) is 0 Å². The van der Waals surface area contributed by atoms with Gasteiger partial charge in [0.15, 0.2) is 5.82 Å². The van der Waals surface area contributed by atoms with Gasteiger partial charge in [-0.2, -0.15) is 4.98 Å². The smallest absolute Gasteiger partial charge is 0.218 e. The summed E-state index contributed by atoms with van der Waals surface area (Å²) in [5.41, 5.74) is 0. The number of anilines is 1. The lowest BCUT2D eigenvalue weighted by Crippen LogP contribution is -2.16. The Labute approximate surface area is 114 Å². The molecule has 0 spiro atoms. The number of methoxy groups -OCH3 is 1. The molecular weight excluding hydrogens is 242 g/mol. The van der Waals surface area contributed by atoms with Crippen molar-refractivity contribution in [1.29, 1.82) is 0 Å². The lowest BCUT2D eigenvalue weighted by atomic mass is 10.2. The van der Waals surface area contributed by atoms with Gasteiger partial charge in [-0.3, -0.25) is 0 Å². The Morgan fingerprint density at radius 2 is 2.11 bits per heavy atom. The molecule has 1 N–H and O–H groups in total. The van der Waals surface area contributed by atoms with Crippen LogP contribution in [0.15, 0.2) is 6.07 Å². The van der Waals surface area contributed by atoms with E-state index in [4.69, 9.17) is 9.47 Å². The molecule has 1 aromatic rings. The van der Waals surface area contributed by atoms with Crippen molar-refractivity contribution in [3.05, 3.63) is 11.9 Å². The molecule has 5 nitrogen and oxygen atoms in total. The highest BCUT2D eigenvalue weighted by Gasteiger charge is 2.16. The summed E-state index contributed by atoms with van der Waals surface area (Å²) >= 11 is 0. The summed E-state index contributed by atoms with van der Waals surface area (Å²) in [4.78, 5) is 8.80. The Morgan fingerprint density at radius 1 is 1.32 bits per heavy atom. The molecule has 1 heterocycles. The van der Waals surface area contributed by atoms with Crippen LogP contribution in [0.25, 0.3) is 0 Å². The van der Waals surface area contributed by atoms with Crippen LogP contribution in [0.4, 0.5) is 5.82 Å². The van der Waals surface area contributed by atoms with Gasteiger partial charge in [-0.05, 0) is 19.3 Å². The SMILES string of the molecule is CCCOc1cc(NC2CCCC2)nc(COC)n1. The summed E-state index contributed by atoms with van der Waals surface area (Å²) in [7, 11) is 1.65. The molecule has 0 amide bonds. The average molecular weight is 265 g/mol. The molecule has 2 rings (SSSR count). The molecule has 0 atom stereocenters. The minimum atomic E-state index is 0.405. The first kappa shape index (κ1) is 14.1. The van der Waals surface area contributed by atoms with Gasteiger partial charge in [-0.1, -0.05) is 19.8 Å². The van der Waals surface area contributed by atoms with Crippen molar-refractivity contribution in [2.45, 2.75) is 51.7 Å². The van der Waals surface area contributed by atoms with E-state index >= 15 is 0 Å². The van der Waals surface area contributed by atoms with E-state index < -0.39 is 0 Å². The van der Waals surface area contributed by atoms with Crippen molar-refractivity contribution in [3.63, 3.8) is 0 Å². The van der Waals surface area contributed by atoms with Crippen LogP contribution in [-0.2, 0) is 11.3 Å². The highest BCUT2D eigenvalue weighted by molar-refractivity contribution is 5.39. The van der Waals surface area contributed by atoms with Gasteiger partial charge in [-0.25, -0.2) is 4.98 Å². The lowest BCUT2D eigenvalue weighted by molar-refractivity contribution is 0.176. The zero-order valence-electron chi connectivity index (χ0n) is 11.8. The van der Waals surface area contributed by atoms with E-state index in [1.165, 1.54) is 25.7 Å². The van der Waals surface area contributed by atoms with Crippen molar-refractivity contribution in [2.24, 2.45) is 0 Å². The molecule has 0 bridgehead atoms. The average Bonchev–Trinajstić information content (AvgIpc) is 2.89. The summed E-state index contributed by atoms with van der Waals surface area (Å²) in [6, 6.07) is 2.41. The van der Waals surface area contributed by atoms with Crippen LogP contribution in [0.3, 0.4) is 0 Å². The number of aromatic nitrogens is 2. The molecule has 1 aromatic heterocycles. The van der Waals surface area contributed by atoms with E-state index in [1.807, 2.05) is 6.07 Å². The zero-order valence-corrected chi connectivity index (χ0v) is 11.8. The van der Waals surface area contributed by atoms with Gasteiger partial charge in [0, 0.05) is 19.2 Å². The van der Waals surface area contributed by atoms with E-state index in [0.717, 1.165) is 12.2 Å². The maximum Gasteiger partial charge on any atom is 0.218 e. The number of hydrogen-bond donors (Lipinski definition) is 1. The van der Waals surface area contributed by atoms with Crippen molar-refractivity contribution < 1.29 is 9.47 Å². The fourth-order valence-electron chi connectivity index (χ4n) is 2.30. The second-order valence-electron chi connectivity index (χ2n) is 4.91. The molecule has 5 heteroatoms. The minimum Gasteiger partial charge on any atom is -0.478 e. The summed E-state index contributed by atoms with van der Waals surface area (Å²) in [5, 5.41) is 3.47. The number of ether oxygens (including phenoxy) is 2.